The molecule has 1 saturated heterocycles. The van der Waals surface area contributed by atoms with Crippen LogP contribution in [0.5, 0.6) is 0 Å². The molecule has 5 N–H and O–H groups in total. The quantitative estimate of drug-likeness (QED) is 0.178. The number of carboxylic acids is 2. The van der Waals surface area contributed by atoms with Crippen molar-refractivity contribution in [3.05, 3.63) is 82.5 Å². The van der Waals surface area contributed by atoms with E-state index in [1.807, 2.05) is 48.5 Å². The molecule has 0 bridgehead atoms. The van der Waals surface area contributed by atoms with Gasteiger partial charge in [-0.05, 0) is 36.5 Å². The van der Waals surface area contributed by atoms with Gasteiger partial charge in [-0.15, -0.1) is 0 Å². The van der Waals surface area contributed by atoms with Gasteiger partial charge in [0.25, 0.3) is 5.97 Å². The smallest absolute Gasteiger partial charge is 0.407 e. The monoisotopic (exact) mass is 610 g/mol. The van der Waals surface area contributed by atoms with Crippen LogP contribution in [0, 0.1) is 0 Å². The van der Waals surface area contributed by atoms with Gasteiger partial charge in [0, 0.05) is 57.7 Å². The van der Waals surface area contributed by atoms with Crippen LogP contribution in [0.2, 0.25) is 0 Å². The minimum atomic E-state index is -1.11. The van der Waals surface area contributed by atoms with E-state index >= 15 is 0 Å². The molecule has 236 valence electrons. The third kappa shape index (κ3) is 12.1. The number of aliphatic carboxylic acids is 2. The summed E-state index contributed by atoms with van der Waals surface area (Å²) in [5.41, 5.74) is 1.10. The molecule has 3 aromatic rings. The van der Waals surface area contributed by atoms with Crippen molar-refractivity contribution in [2.45, 2.75) is 51.3 Å². The summed E-state index contributed by atoms with van der Waals surface area (Å²) in [5, 5.41) is 25.9. The van der Waals surface area contributed by atoms with E-state index in [2.05, 4.69) is 25.9 Å². The van der Waals surface area contributed by atoms with Crippen LogP contribution in [0.25, 0.3) is 0 Å². The lowest BCUT2D eigenvalue weighted by atomic mass is 9.93. The molecule has 0 saturated carbocycles. The third-order valence-electron chi connectivity index (χ3n) is 6.44. The van der Waals surface area contributed by atoms with Crippen LogP contribution in [0.15, 0.2) is 65.7 Å². The van der Waals surface area contributed by atoms with E-state index < -0.39 is 36.2 Å². The number of carbonyl (C=O) groups excluding carboxylic acids is 1. The van der Waals surface area contributed by atoms with Gasteiger partial charge >= 0.3 is 17.8 Å². The molecule has 14 nitrogen and oxygen atoms in total. The highest BCUT2D eigenvalue weighted by Gasteiger charge is 2.24. The summed E-state index contributed by atoms with van der Waals surface area (Å²) < 4.78 is 12.1. The number of pyridine rings is 1. The molecule has 4 rings (SSSR count). The predicted octanol–water partition coefficient (Wildman–Crippen LogP) is 2.92. The number of ether oxygens (including phenoxy) is 2. The lowest BCUT2D eigenvalue weighted by Gasteiger charge is -2.26. The fourth-order valence-corrected chi connectivity index (χ4v) is 4.47. The Morgan fingerprint density at radius 2 is 1.73 bits per heavy atom. The van der Waals surface area contributed by atoms with Gasteiger partial charge in [-0.2, -0.15) is 4.98 Å². The van der Waals surface area contributed by atoms with E-state index in [1.54, 1.807) is 12.4 Å². The van der Waals surface area contributed by atoms with Crippen LogP contribution < -0.4 is 21.6 Å². The Morgan fingerprint density at radius 3 is 2.39 bits per heavy atom. The van der Waals surface area contributed by atoms with Crippen LogP contribution in [0.1, 0.15) is 43.2 Å². The number of alkyl carbamates (subject to hydrolysis) is 1. The number of hydrogen-bond acceptors (Lipinski definition) is 10. The second kappa shape index (κ2) is 17.9. The molecule has 1 atom stereocenters. The summed E-state index contributed by atoms with van der Waals surface area (Å²) in [7, 11) is 0. The summed E-state index contributed by atoms with van der Waals surface area (Å²) in [6, 6.07) is 13.9. The minimum absolute atomic E-state index is 0.0391. The molecule has 1 amide bonds. The first-order valence-electron chi connectivity index (χ1n) is 14.2. The summed E-state index contributed by atoms with van der Waals surface area (Å²) in [6.45, 7) is 3.31. The largest absolute Gasteiger partial charge is 0.481 e. The molecule has 0 radical (unpaired) electrons. The maximum atomic E-state index is 13.0. The van der Waals surface area contributed by atoms with Gasteiger partial charge in [0.05, 0.1) is 12.5 Å². The molecule has 1 fully saturated rings. The lowest BCUT2D eigenvalue weighted by molar-refractivity contribution is -0.137. The summed E-state index contributed by atoms with van der Waals surface area (Å²) >= 11 is 0. The number of benzene rings is 1. The minimum Gasteiger partial charge on any atom is -0.481 e. The molecule has 0 aliphatic carbocycles. The van der Waals surface area contributed by atoms with E-state index in [9.17, 15) is 19.5 Å². The number of nitrogens with zero attached hydrogens (tertiary/aromatic N) is 3. The summed E-state index contributed by atoms with van der Waals surface area (Å²) in [4.78, 5) is 54.5. The molecular formula is C30H38N6O8. The molecule has 3 heterocycles. The van der Waals surface area contributed by atoms with Crippen LogP contribution in [-0.4, -0.2) is 75.1 Å². The third-order valence-corrected chi connectivity index (χ3v) is 6.44. The highest BCUT2D eigenvalue weighted by Crippen LogP contribution is 2.30. The number of amides is 1. The van der Waals surface area contributed by atoms with E-state index in [0.29, 0.717) is 32.1 Å². The summed E-state index contributed by atoms with van der Waals surface area (Å²) in [6.07, 6.45) is 3.80. The number of nitrogens with one attached hydrogen (secondary N) is 3. The van der Waals surface area contributed by atoms with Crippen molar-refractivity contribution < 1.29 is 34.1 Å². The highest BCUT2D eigenvalue weighted by atomic mass is 16.5. The van der Waals surface area contributed by atoms with Crippen LogP contribution in [-0.2, 0) is 32.2 Å². The van der Waals surface area contributed by atoms with Crippen LogP contribution in [0.3, 0.4) is 0 Å². The Morgan fingerprint density at radius 1 is 1.05 bits per heavy atom. The van der Waals surface area contributed by atoms with Gasteiger partial charge in [-0.3, -0.25) is 14.2 Å². The fraction of sp³-hybridized carbons (Fsp3) is 0.400. The van der Waals surface area contributed by atoms with Crippen LogP contribution >= 0.6 is 0 Å². The second-order valence-corrected chi connectivity index (χ2v) is 9.95. The fourth-order valence-electron chi connectivity index (χ4n) is 4.47. The van der Waals surface area contributed by atoms with E-state index in [1.165, 1.54) is 4.57 Å². The van der Waals surface area contributed by atoms with Crippen molar-refractivity contribution in [3.63, 3.8) is 0 Å². The van der Waals surface area contributed by atoms with Gasteiger partial charge in [0.2, 0.25) is 0 Å². The second-order valence-electron chi connectivity index (χ2n) is 9.95. The molecule has 1 aliphatic heterocycles. The van der Waals surface area contributed by atoms with Crippen molar-refractivity contribution in [2.75, 3.05) is 36.9 Å². The van der Waals surface area contributed by atoms with Crippen molar-refractivity contribution in [3.8, 4) is 0 Å². The number of aromatic nitrogens is 3. The van der Waals surface area contributed by atoms with E-state index in [-0.39, 0.29) is 19.1 Å². The number of rotatable bonds is 13. The molecule has 0 spiro atoms. The molecule has 1 unspecified atom stereocenters. The zero-order valence-corrected chi connectivity index (χ0v) is 24.5. The molecule has 2 aromatic heterocycles. The SMILES string of the molecule is CC(=O)O.O=C(O)CC(Cn1cc(C2CCOCC2)c(NCCNc2ccccn2)nc1=O)NC(=O)OCc1ccccc1. The zero-order chi connectivity index (χ0) is 31.7. The number of carboxylic acid groups (broad SMARTS) is 2. The predicted molar refractivity (Wildman–Crippen MR) is 162 cm³/mol. The van der Waals surface area contributed by atoms with Gasteiger partial charge < -0.3 is 35.6 Å². The Bertz CT molecular complexity index is 1390. The van der Waals surface area contributed by atoms with Crippen molar-refractivity contribution in [2.24, 2.45) is 0 Å². The molecule has 44 heavy (non-hydrogen) atoms. The number of anilines is 2. The Hall–Kier alpha value is -4.98. The van der Waals surface area contributed by atoms with Gasteiger partial charge in [0.15, 0.2) is 0 Å². The standard InChI is InChI=1S/C28H34N6O6.C2H4O2/c35-25(36)16-22(32-28(38)40-19-20-6-2-1-3-7-20)17-34-18-23(21-9-14-39-15-10-21)26(33-27(34)37)31-13-12-30-24-8-4-5-11-29-24;1-2(3)4/h1-8,11,18,21-22H,9-10,12-17,19H2,(H,29,30)(H,32,38)(H,35,36)(H,31,33,37);1H3,(H,3,4). The van der Waals surface area contributed by atoms with E-state index in [0.717, 1.165) is 36.7 Å². The maximum absolute atomic E-state index is 13.0. The van der Waals surface area contributed by atoms with Gasteiger partial charge in [-0.1, -0.05) is 36.4 Å². The number of hydrogen-bond donors (Lipinski definition) is 5. The average molecular weight is 611 g/mol. The lowest BCUT2D eigenvalue weighted by Crippen LogP contribution is -2.42. The van der Waals surface area contributed by atoms with E-state index in [4.69, 9.17) is 19.4 Å². The molecule has 14 heteroatoms. The first-order chi connectivity index (χ1) is 21.2. The van der Waals surface area contributed by atoms with Crippen molar-refractivity contribution in [1.29, 1.82) is 0 Å². The Balaban J connectivity index is 0.00000124. The summed E-state index contributed by atoms with van der Waals surface area (Å²) in [5.74, 6) is -0.601. The Kier molecular flexibility index (Phi) is 13.6. The average Bonchev–Trinajstić information content (AvgIpc) is 3.00. The highest BCUT2D eigenvalue weighted by molar-refractivity contribution is 5.71. The first kappa shape index (κ1) is 33.5. The maximum Gasteiger partial charge on any atom is 0.407 e. The van der Waals surface area contributed by atoms with Gasteiger partial charge in [0.1, 0.15) is 18.2 Å². The van der Waals surface area contributed by atoms with Crippen LogP contribution in [0.4, 0.5) is 16.4 Å². The zero-order valence-electron chi connectivity index (χ0n) is 24.5. The van der Waals surface area contributed by atoms with Crippen molar-refractivity contribution in [1.82, 2.24) is 19.9 Å². The number of carbonyl (C=O) groups is 3. The van der Waals surface area contributed by atoms with Gasteiger partial charge in [-0.25, -0.2) is 14.6 Å². The Labute approximate surface area is 254 Å². The topological polar surface area (TPSA) is 194 Å². The first-order valence-corrected chi connectivity index (χ1v) is 14.2. The molecule has 1 aliphatic rings. The normalized spacial score (nSPS) is 13.5. The molecule has 1 aromatic carbocycles. The van der Waals surface area contributed by atoms with Crippen molar-refractivity contribution >= 4 is 29.7 Å². The molecular weight excluding hydrogens is 572 g/mol.